The van der Waals surface area contributed by atoms with E-state index in [1.54, 1.807) is 17.9 Å². The number of halogens is 3. The third-order valence-corrected chi connectivity index (χ3v) is 5.63. The van der Waals surface area contributed by atoms with Gasteiger partial charge in [0.1, 0.15) is 11.6 Å². The maximum Gasteiger partial charge on any atom is 0.388 e. The highest BCUT2D eigenvalue weighted by molar-refractivity contribution is 6.10. The summed E-state index contributed by atoms with van der Waals surface area (Å²) in [5.74, 6) is -1.50. The first-order chi connectivity index (χ1) is 16.3. The van der Waals surface area contributed by atoms with Crippen LogP contribution in [0, 0.1) is 5.82 Å². The van der Waals surface area contributed by atoms with E-state index in [-0.39, 0.29) is 37.0 Å². The number of benzene rings is 1. The van der Waals surface area contributed by atoms with Crippen molar-refractivity contribution in [1.82, 2.24) is 29.9 Å². The molecule has 0 spiro atoms. The number of pyridine rings is 1. The Morgan fingerprint density at radius 1 is 1.26 bits per heavy atom. The average Bonchev–Trinajstić information content (AvgIpc) is 3.21. The van der Waals surface area contributed by atoms with Crippen LogP contribution in [-0.2, 0) is 11.8 Å². The molecule has 176 valence electrons. The largest absolute Gasteiger partial charge is 0.415 e. The SMILES string of the molecule is Cn1ncc2c(N)nc3cc(F)c(C(=O)N4CCOC[C@@H]4c4ccc(OC(F)F)nn4)cc3c21. The maximum absolute atomic E-state index is 15.1. The number of carbonyl (C=O) groups is 1. The lowest BCUT2D eigenvalue weighted by atomic mass is 10.0. The molecule has 0 radical (unpaired) electrons. The summed E-state index contributed by atoms with van der Waals surface area (Å²) in [5.41, 5.74) is 7.02. The molecule has 0 bridgehead atoms. The Morgan fingerprint density at radius 3 is 2.82 bits per heavy atom. The fourth-order valence-electron chi connectivity index (χ4n) is 4.05. The quantitative estimate of drug-likeness (QED) is 0.480. The summed E-state index contributed by atoms with van der Waals surface area (Å²) in [6, 6.07) is 4.52. The van der Waals surface area contributed by atoms with Gasteiger partial charge in [0.2, 0.25) is 5.88 Å². The molecule has 4 heterocycles. The van der Waals surface area contributed by atoms with Crippen molar-refractivity contribution in [3.05, 3.63) is 47.5 Å². The van der Waals surface area contributed by atoms with Crippen LogP contribution in [0.5, 0.6) is 5.88 Å². The Bertz CT molecular complexity index is 1390. The number of hydrogen-bond donors (Lipinski definition) is 1. The van der Waals surface area contributed by atoms with Gasteiger partial charge in [-0.25, -0.2) is 9.37 Å². The molecular formula is C21H18F3N7O3. The number of nitrogens with zero attached hydrogens (tertiary/aromatic N) is 6. The summed E-state index contributed by atoms with van der Waals surface area (Å²) in [6.45, 7) is -2.56. The van der Waals surface area contributed by atoms with E-state index < -0.39 is 24.4 Å². The van der Waals surface area contributed by atoms with Gasteiger partial charge < -0.3 is 20.1 Å². The molecule has 13 heteroatoms. The van der Waals surface area contributed by atoms with Crippen LogP contribution in [0.2, 0.25) is 0 Å². The Labute approximate surface area is 190 Å². The van der Waals surface area contributed by atoms with Gasteiger partial charge in [0.15, 0.2) is 0 Å². The van der Waals surface area contributed by atoms with Gasteiger partial charge in [0.05, 0.1) is 53.1 Å². The zero-order valence-electron chi connectivity index (χ0n) is 17.8. The van der Waals surface area contributed by atoms with E-state index in [0.29, 0.717) is 27.5 Å². The molecule has 0 aliphatic carbocycles. The number of nitrogen functional groups attached to an aromatic ring is 1. The van der Waals surface area contributed by atoms with E-state index >= 15 is 4.39 Å². The molecule has 1 saturated heterocycles. The van der Waals surface area contributed by atoms with Gasteiger partial charge in [-0.1, -0.05) is 0 Å². The van der Waals surface area contributed by atoms with E-state index in [0.717, 1.165) is 6.07 Å². The number of hydrogen-bond acceptors (Lipinski definition) is 8. The third-order valence-electron chi connectivity index (χ3n) is 5.63. The van der Waals surface area contributed by atoms with Gasteiger partial charge in [-0.2, -0.15) is 13.9 Å². The van der Waals surface area contributed by atoms with Crippen LogP contribution in [0.3, 0.4) is 0 Å². The molecule has 0 unspecified atom stereocenters. The van der Waals surface area contributed by atoms with Crippen LogP contribution in [0.15, 0.2) is 30.5 Å². The first-order valence-electron chi connectivity index (χ1n) is 10.2. The third kappa shape index (κ3) is 3.73. The first-order valence-corrected chi connectivity index (χ1v) is 10.2. The van der Waals surface area contributed by atoms with Gasteiger partial charge in [0, 0.05) is 31.1 Å². The van der Waals surface area contributed by atoms with Gasteiger partial charge in [-0.3, -0.25) is 9.48 Å². The Kier molecular flexibility index (Phi) is 5.40. The number of aryl methyl sites for hydroxylation is 1. The number of nitrogens with two attached hydrogens (primary N) is 1. The number of rotatable bonds is 4. The summed E-state index contributed by atoms with van der Waals surface area (Å²) >= 11 is 0. The minimum absolute atomic E-state index is 0.0781. The second kappa shape index (κ2) is 8.41. The first kappa shape index (κ1) is 21.8. The number of morpholine rings is 1. The number of anilines is 1. The molecule has 5 rings (SSSR count). The van der Waals surface area contributed by atoms with Crippen molar-refractivity contribution in [1.29, 1.82) is 0 Å². The number of fused-ring (bicyclic) bond motifs is 3. The minimum atomic E-state index is -3.04. The molecule has 1 aromatic carbocycles. The van der Waals surface area contributed by atoms with E-state index in [1.807, 2.05) is 0 Å². The van der Waals surface area contributed by atoms with Crippen LogP contribution in [0.1, 0.15) is 22.1 Å². The Morgan fingerprint density at radius 2 is 2.09 bits per heavy atom. The highest BCUT2D eigenvalue weighted by Gasteiger charge is 2.32. The van der Waals surface area contributed by atoms with E-state index in [9.17, 15) is 13.6 Å². The highest BCUT2D eigenvalue weighted by atomic mass is 19.3. The molecule has 2 N–H and O–H groups in total. The maximum atomic E-state index is 15.1. The lowest BCUT2D eigenvalue weighted by Gasteiger charge is -2.35. The molecule has 1 amide bonds. The van der Waals surface area contributed by atoms with E-state index in [2.05, 4.69) is 25.0 Å². The molecule has 1 aliphatic rings. The summed E-state index contributed by atoms with van der Waals surface area (Å²) in [7, 11) is 1.71. The van der Waals surface area contributed by atoms with Crippen LogP contribution in [0.4, 0.5) is 19.0 Å². The normalized spacial score (nSPS) is 16.5. The molecule has 1 aliphatic heterocycles. The standard InChI is InChI=1S/C21H18F3N7O3/c1-30-18-11-6-10(13(22)7-15(11)27-19(25)12(18)8-26-30)20(32)31-4-5-33-9-16(31)14-2-3-17(29-28-14)34-21(23)24/h2-3,6-8,16,21H,4-5,9H2,1H3,(H2,25,27)/t16-/m1/s1. The summed E-state index contributed by atoms with van der Waals surface area (Å²) in [5, 5.41) is 12.8. The van der Waals surface area contributed by atoms with Crippen molar-refractivity contribution >= 4 is 33.5 Å². The fourth-order valence-corrected chi connectivity index (χ4v) is 4.05. The van der Waals surface area contributed by atoms with Gasteiger partial charge in [-0.15, -0.1) is 10.2 Å². The predicted octanol–water partition coefficient (Wildman–Crippen LogP) is 2.45. The van der Waals surface area contributed by atoms with Crippen molar-refractivity contribution in [3.8, 4) is 5.88 Å². The predicted molar refractivity (Wildman–Crippen MR) is 114 cm³/mol. The lowest BCUT2D eigenvalue weighted by molar-refractivity contribution is -0.0536. The second-order valence-electron chi connectivity index (χ2n) is 7.64. The van der Waals surface area contributed by atoms with Crippen molar-refractivity contribution in [2.75, 3.05) is 25.5 Å². The Hall–Kier alpha value is -4.00. The van der Waals surface area contributed by atoms with E-state index in [1.165, 1.54) is 23.1 Å². The van der Waals surface area contributed by atoms with Crippen LogP contribution < -0.4 is 10.5 Å². The molecule has 34 heavy (non-hydrogen) atoms. The number of carbonyl (C=O) groups excluding carboxylic acids is 1. The van der Waals surface area contributed by atoms with Crippen molar-refractivity contribution in [3.63, 3.8) is 0 Å². The lowest BCUT2D eigenvalue weighted by Crippen LogP contribution is -2.44. The summed E-state index contributed by atoms with van der Waals surface area (Å²) in [6.07, 6.45) is 1.56. The zero-order chi connectivity index (χ0) is 24.0. The second-order valence-corrected chi connectivity index (χ2v) is 7.64. The topological polar surface area (TPSA) is 121 Å². The number of ether oxygens (including phenoxy) is 2. The molecular weight excluding hydrogens is 455 g/mol. The number of alkyl halides is 2. The minimum Gasteiger partial charge on any atom is -0.415 e. The van der Waals surface area contributed by atoms with E-state index in [4.69, 9.17) is 10.5 Å². The molecule has 1 atom stereocenters. The molecule has 4 aromatic rings. The Balaban J connectivity index is 1.54. The average molecular weight is 473 g/mol. The van der Waals surface area contributed by atoms with Crippen LogP contribution in [-0.4, -0.2) is 62.1 Å². The highest BCUT2D eigenvalue weighted by Crippen LogP contribution is 2.31. The zero-order valence-corrected chi connectivity index (χ0v) is 17.8. The molecule has 3 aromatic heterocycles. The number of aromatic nitrogens is 5. The van der Waals surface area contributed by atoms with Crippen LogP contribution in [0.25, 0.3) is 21.8 Å². The summed E-state index contributed by atoms with van der Waals surface area (Å²) in [4.78, 5) is 19.1. The van der Waals surface area contributed by atoms with Gasteiger partial charge >= 0.3 is 6.61 Å². The molecule has 10 nitrogen and oxygen atoms in total. The summed E-state index contributed by atoms with van der Waals surface area (Å²) < 4.78 is 51.1. The van der Waals surface area contributed by atoms with Crippen molar-refractivity contribution < 1.29 is 27.4 Å². The smallest absolute Gasteiger partial charge is 0.388 e. The molecule has 0 saturated carbocycles. The van der Waals surface area contributed by atoms with Gasteiger partial charge in [-0.05, 0) is 12.1 Å². The number of amides is 1. The van der Waals surface area contributed by atoms with Crippen LogP contribution >= 0.6 is 0 Å². The van der Waals surface area contributed by atoms with Crippen molar-refractivity contribution in [2.45, 2.75) is 12.7 Å². The van der Waals surface area contributed by atoms with Crippen molar-refractivity contribution in [2.24, 2.45) is 7.05 Å². The van der Waals surface area contributed by atoms with Gasteiger partial charge in [0.25, 0.3) is 5.91 Å². The molecule has 1 fully saturated rings. The monoisotopic (exact) mass is 473 g/mol. The fraction of sp³-hybridized carbons (Fsp3) is 0.286.